The van der Waals surface area contributed by atoms with Crippen molar-refractivity contribution in [1.29, 1.82) is 5.26 Å². The number of ether oxygens (including phenoxy) is 1. The van der Waals surface area contributed by atoms with E-state index >= 15 is 0 Å². The molecule has 0 bridgehead atoms. The number of anilines is 1. The van der Waals surface area contributed by atoms with E-state index in [1.54, 1.807) is 80.8 Å². The maximum Gasteiger partial charge on any atom is 0.187 e. The van der Waals surface area contributed by atoms with Gasteiger partial charge in [0.2, 0.25) is 0 Å². The van der Waals surface area contributed by atoms with E-state index in [4.69, 9.17) is 19.0 Å². The maximum absolute atomic E-state index is 13.4. The number of aromatic nitrogens is 5. The van der Waals surface area contributed by atoms with Crippen LogP contribution in [0.4, 0.5) is 5.82 Å². The average molecular weight is 1000 g/mol. The number of Topliss-reactive ketones (excluding diaryl/α,β-unsaturated/α-hetero) is 2. The number of rotatable bonds is 16. The zero-order chi connectivity index (χ0) is 50.4. The monoisotopic (exact) mass is 1000 g/mol. The van der Waals surface area contributed by atoms with Crippen LogP contribution in [-0.4, -0.2) is 90.6 Å². The van der Waals surface area contributed by atoms with Gasteiger partial charge in [0.1, 0.15) is 28.8 Å². The number of nitrogens with zero attached hydrogens (tertiary/aromatic N) is 7. The van der Waals surface area contributed by atoms with Gasteiger partial charge in [0.25, 0.3) is 0 Å². The second kappa shape index (κ2) is 21.2. The summed E-state index contributed by atoms with van der Waals surface area (Å²) < 4.78 is 72.1. The Morgan fingerprint density at radius 3 is 1.65 bits per heavy atom. The molecule has 0 atom stereocenters. The average Bonchev–Trinajstić information content (AvgIpc) is 4.17. The van der Waals surface area contributed by atoms with E-state index in [1.165, 1.54) is 0 Å². The molecule has 0 unspecified atom stereocenters. The highest BCUT2D eigenvalue weighted by Gasteiger charge is 2.27. The number of pyridine rings is 1. The fraction of sp³-hybridized carbons (Fsp3) is 0.222. The van der Waals surface area contributed by atoms with Gasteiger partial charge in [-0.05, 0) is 73.0 Å². The van der Waals surface area contributed by atoms with Gasteiger partial charge in [-0.1, -0.05) is 77.0 Å². The quantitative estimate of drug-likeness (QED) is 0.0900. The first-order valence-electron chi connectivity index (χ1n) is 23.1. The Morgan fingerprint density at radius 1 is 0.625 bits per heavy atom. The number of carbonyl (C=O) groups is 2. The predicted octanol–water partition coefficient (Wildman–Crippen LogP) is 7.91. The molecule has 1 aliphatic rings. The molecule has 1 saturated heterocycles. The van der Waals surface area contributed by atoms with Gasteiger partial charge in [-0.2, -0.15) is 5.26 Å². The lowest BCUT2D eigenvalue weighted by Gasteiger charge is -2.27. The number of hydrogen-bond donors (Lipinski definition) is 0. The first kappa shape index (κ1) is 49.0. The Hall–Kier alpha value is -7.98. The molecule has 18 heteroatoms. The topological polar surface area (TPSA) is 213 Å². The number of hydrogen-bond acceptors (Lipinski definition) is 14. The molecule has 16 nitrogen and oxygen atoms in total. The van der Waals surface area contributed by atoms with Crippen molar-refractivity contribution in [2.45, 2.75) is 49.6 Å². The summed E-state index contributed by atoms with van der Waals surface area (Å²) in [4.78, 5) is 32.2. The number of carbonyl (C=O) groups excluding carboxylic acids is 2. The van der Waals surface area contributed by atoms with Crippen molar-refractivity contribution in [3.8, 4) is 17.2 Å². The molecule has 0 N–H and O–H groups in total. The van der Waals surface area contributed by atoms with Crippen LogP contribution >= 0.6 is 0 Å². The van der Waals surface area contributed by atoms with Gasteiger partial charge in [-0.15, -0.1) is 0 Å². The van der Waals surface area contributed by atoms with Gasteiger partial charge in [0.05, 0.1) is 58.9 Å². The molecular formula is C54H49N7O9S2. The van der Waals surface area contributed by atoms with Crippen LogP contribution in [0.5, 0.6) is 0 Å². The number of aryl methyl sites for hydroxylation is 2. The lowest BCUT2D eigenvalue weighted by molar-refractivity contribution is -0.117. The van der Waals surface area contributed by atoms with Crippen LogP contribution in [0.3, 0.4) is 0 Å². The highest BCUT2D eigenvalue weighted by atomic mass is 32.2. The number of nitriles is 1. The van der Waals surface area contributed by atoms with Crippen molar-refractivity contribution in [2.75, 3.05) is 42.7 Å². The summed E-state index contributed by atoms with van der Waals surface area (Å²) in [7, 11) is -7.75. The van der Waals surface area contributed by atoms with E-state index in [0.717, 1.165) is 52.2 Å². The molecule has 10 rings (SSSR count). The minimum absolute atomic E-state index is 0.0930. The third kappa shape index (κ3) is 11.4. The van der Waals surface area contributed by atoms with Crippen LogP contribution in [0.25, 0.3) is 32.9 Å². The molecule has 0 amide bonds. The van der Waals surface area contributed by atoms with E-state index in [-0.39, 0.29) is 22.6 Å². The summed E-state index contributed by atoms with van der Waals surface area (Å²) in [5, 5.41) is 17.8. The number of para-hydroxylation sites is 2. The molecule has 1 aliphatic heterocycles. The lowest BCUT2D eigenvalue weighted by Crippen LogP contribution is -2.36. The maximum atomic E-state index is 13.4. The fourth-order valence-electron chi connectivity index (χ4n) is 8.79. The highest BCUT2D eigenvalue weighted by molar-refractivity contribution is 7.92. The van der Waals surface area contributed by atoms with Crippen molar-refractivity contribution < 1.29 is 40.2 Å². The Labute approximate surface area is 415 Å². The van der Waals surface area contributed by atoms with Gasteiger partial charge >= 0.3 is 0 Å². The van der Waals surface area contributed by atoms with Crippen molar-refractivity contribution in [1.82, 2.24) is 24.4 Å². The van der Waals surface area contributed by atoms with Crippen LogP contribution in [0.1, 0.15) is 39.6 Å². The SMILES string of the molecule is Cc1cc(CC(=O)CS(=O)(=O)c2cn(Cc3cccc(-c4ccc(N5CCOCC5)nc4)c3)c3ccccc23)no1.Cc1cc(CC(=O)CS(=O)(=O)c2cn(Cc3cccc(C#N)c3)c3ccccc23)no1. The van der Waals surface area contributed by atoms with E-state index in [1.807, 2.05) is 69.9 Å². The predicted molar refractivity (Wildman–Crippen MR) is 270 cm³/mol. The zero-order valence-corrected chi connectivity index (χ0v) is 41.1. The van der Waals surface area contributed by atoms with Crippen LogP contribution < -0.4 is 4.90 Å². The second-order valence-corrected chi connectivity index (χ2v) is 21.5. The summed E-state index contributed by atoms with van der Waals surface area (Å²) in [6, 6.07) is 39.3. The number of benzene rings is 4. The van der Waals surface area contributed by atoms with Crippen molar-refractivity contribution in [2.24, 2.45) is 0 Å². The molecule has 0 radical (unpaired) electrons. The number of ketones is 2. The molecule has 1 fully saturated rings. The van der Waals surface area contributed by atoms with Gasteiger partial charge in [0, 0.05) is 84.3 Å². The number of fused-ring (bicyclic) bond motifs is 2. The Bertz CT molecular complexity index is 3710. The van der Waals surface area contributed by atoms with Crippen LogP contribution in [-0.2, 0) is 59.9 Å². The molecule has 0 aliphatic carbocycles. The van der Waals surface area contributed by atoms with Gasteiger partial charge < -0.3 is 27.8 Å². The summed E-state index contributed by atoms with van der Waals surface area (Å²) in [6.07, 6.45) is 4.89. The van der Waals surface area contributed by atoms with E-state index < -0.39 is 42.7 Å². The molecule has 9 aromatic rings. The highest BCUT2D eigenvalue weighted by Crippen LogP contribution is 2.30. The minimum atomic E-state index is -3.88. The molecule has 366 valence electrons. The van der Waals surface area contributed by atoms with E-state index in [9.17, 15) is 26.4 Å². The van der Waals surface area contributed by atoms with Crippen molar-refractivity contribution in [3.63, 3.8) is 0 Å². The Kier molecular flexibility index (Phi) is 14.4. The Morgan fingerprint density at radius 2 is 1.15 bits per heavy atom. The molecule has 5 aromatic heterocycles. The lowest BCUT2D eigenvalue weighted by atomic mass is 10.0. The van der Waals surface area contributed by atoms with Gasteiger partial charge in [-0.3, -0.25) is 9.59 Å². The standard InChI is InChI=1S/C31H30N4O5S.C23H19N3O4S/c1-22-15-26(33-40-22)17-27(36)21-41(37,38)30-20-35(29-8-3-2-7-28(29)30)19-23-5-4-6-24(16-23)25-9-10-31(32-18-25)34-11-13-39-14-12-34;1-16-9-19(25-30-16)11-20(27)15-31(28,29)23-14-26(22-8-3-2-7-21(22)23)13-18-6-4-5-17(10-18)12-24/h2-10,15-16,18,20H,11-14,17,19,21H2,1H3;2-10,14H,11,13,15H2,1H3. The van der Waals surface area contributed by atoms with Gasteiger partial charge in [-0.25, -0.2) is 21.8 Å². The number of morpholine rings is 1. The molecule has 0 saturated carbocycles. The fourth-order valence-corrected chi connectivity index (χ4v) is 11.7. The first-order valence-corrected chi connectivity index (χ1v) is 26.4. The van der Waals surface area contributed by atoms with Crippen LogP contribution in [0.2, 0.25) is 0 Å². The van der Waals surface area contributed by atoms with E-state index in [2.05, 4.69) is 38.4 Å². The number of sulfone groups is 2. The van der Waals surface area contributed by atoms with Crippen LogP contribution in [0, 0.1) is 25.2 Å². The normalized spacial score (nSPS) is 12.9. The van der Waals surface area contributed by atoms with Crippen molar-refractivity contribution in [3.05, 3.63) is 180 Å². The van der Waals surface area contributed by atoms with E-state index in [0.29, 0.717) is 65.5 Å². The molecule has 72 heavy (non-hydrogen) atoms. The zero-order valence-electron chi connectivity index (χ0n) is 39.5. The summed E-state index contributed by atoms with van der Waals surface area (Å²) in [5.41, 5.74) is 6.83. The molecule has 6 heterocycles. The summed E-state index contributed by atoms with van der Waals surface area (Å²) in [6.45, 7) is 7.38. The van der Waals surface area contributed by atoms with Gasteiger partial charge in [0.15, 0.2) is 31.2 Å². The largest absolute Gasteiger partial charge is 0.378 e. The van der Waals surface area contributed by atoms with Crippen LogP contribution in [0.15, 0.2) is 159 Å². The third-order valence-corrected chi connectivity index (χ3v) is 15.5. The molecular weight excluding hydrogens is 955 g/mol. The molecule has 4 aromatic carbocycles. The summed E-state index contributed by atoms with van der Waals surface area (Å²) >= 11 is 0. The minimum Gasteiger partial charge on any atom is -0.378 e. The summed E-state index contributed by atoms with van der Waals surface area (Å²) in [5.74, 6) is -0.0243. The molecule has 0 spiro atoms. The second-order valence-electron chi connectivity index (χ2n) is 17.6. The first-order chi connectivity index (χ1) is 34.7. The van der Waals surface area contributed by atoms with Crippen molar-refractivity contribution >= 4 is 58.9 Å². The smallest absolute Gasteiger partial charge is 0.187 e. The Balaban J connectivity index is 0.000000185. The third-order valence-electron chi connectivity index (χ3n) is 12.1.